The van der Waals surface area contributed by atoms with Crippen LogP contribution < -0.4 is 5.32 Å². The van der Waals surface area contributed by atoms with Crippen molar-refractivity contribution in [2.75, 3.05) is 6.54 Å². The van der Waals surface area contributed by atoms with E-state index in [-0.39, 0.29) is 6.04 Å². The zero-order valence-corrected chi connectivity index (χ0v) is 8.79. The summed E-state index contributed by atoms with van der Waals surface area (Å²) in [6.45, 7) is 6.81. The molecule has 0 heterocycles. The summed E-state index contributed by atoms with van der Waals surface area (Å²) in [4.78, 5) is 0. The molecule has 14 heavy (non-hydrogen) atoms. The van der Waals surface area contributed by atoms with Gasteiger partial charge in [-0.1, -0.05) is 49.7 Å². The molecular weight excluding hydrogens is 170 g/mol. The number of unbranched alkanes of at least 4 members (excludes halogenated alkanes) is 1. The van der Waals surface area contributed by atoms with E-state index in [1.165, 1.54) is 6.42 Å². The SMILES string of the molecule is [2H]C(=C)C(NCCCC)c1ccccc1. The summed E-state index contributed by atoms with van der Waals surface area (Å²) in [5.74, 6) is 0. The van der Waals surface area contributed by atoms with Gasteiger partial charge in [0.25, 0.3) is 0 Å². The maximum atomic E-state index is 7.65. The van der Waals surface area contributed by atoms with Gasteiger partial charge in [0.2, 0.25) is 0 Å². The molecule has 1 unspecified atom stereocenters. The largest absolute Gasteiger partial charge is 0.307 e. The molecule has 1 aromatic carbocycles. The van der Waals surface area contributed by atoms with E-state index in [0.29, 0.717) is 6.05 Å². The third kappa shape index (κ3) is 3.35. The molecule has 0 radical (unpaired) electrons. The fourth-order valence-electron chi connectivity index (χ4n) is 1.38. The van der Waals surface area contributed by atoms with Crippen molar-refractivity contribution in [2.24, 2.45) is 0 Å². The Kier molecular flexibility index (Phi) is 4.32. The van der Waals surface area contributed by atoms with Gasteiger partial charge < -0.3 is 5.32 Å². The summed E-state index contributed by atoms with van der Waals surface area (Å²) in [5, 5.41) is 3.35. The lowest BCUT2D eigenvalue weighted by Crippen LogP contribution is -2.20. The lowest BCUT2D eigenvalue weighted by molar-refractivity contribution is 0.591. The number of hydrogen-bond donors (Lipinski definition) is 1. The molecule has 0 amide bonds. The molecule has 0 bridgehead atoms. The number of rotatable bonds is 6. The van der Waals surface area contributed by atoms with Crippen molar-refractivity contribution in [3.05, 3.63) is 48.5 Å². The Morgan fingerprint density at radius 1 is 1.50 bits per heavy atom. The summed E-state index contributed by atoms with van der Waals surface area (Å²) in [5.41, 5.74) is 1.12. The van der Waals surface area contributed by atoms with E-state index in [9.17, 15) is 0 Å². The maximum Gasteiger partial charge on any atom is 0.0590 e. The van der Waals surface area contributed by atoms with Gasteiger partial charge in [-0.2, -0.15) is 0 Å². The summed E-state index contributed by atoms with van der Waals surface area (Å²) >= 11 is 0. The Morgan fingerprint density at radius 2 is 2.21 bits per heavy atom. The summed E-state index contributed by atoms with van der Waals surface area (Å²) in [6, 6.07) is 10.4. The van der Waals surface area contributed by atoms with Crippen LogP contribution in [0.1, 0.15) is 32.7 Å². The molecule has 1 heteroatoms. The topological polar surface area (TPSA) is 12.0 Å². The van der Waals surface area contributed by atoms with E-state index < -0.39 is 0 Å². The fraction of sp³-hybridized carbons (Fsp3) is 0.385. The quantitative estimate of drug-likeness (QED) is 0.536. The molecule has 1 rings (SSSR count). The maximum absolute atomic E-state index is 7.65. The Balaban J connectivity index is 2.62. The molecule has 0 fully saturated rings. The van der Waals surface area contributed by atoms with E-state index in [2.05, 4.69) is 18.8 Å². The second-order valence-corrected chi connectivity index (χ2v) is 3.36. The van der Waals surface area contributed by atoms with E-state index in [1.54, 1.807) is 0 Å². The van der Waals surface area contributed by atoms with Crippen LogP contribution in [-0.2, 0) is 0 Å². The van der Waals surface area contributed by atoms with Crippen molar-refractivity contribution < 1.29 is 1.37 Å². The minimum atomic E-state index is -0.0299. The third-order valence-electron chi connectivity index (χ3n) is 2.22. The van der Waals surface area contributed by atoms with Crippen LogP contribution in [-0.4, -0.2) is 6.54 Å². The van der Waals surface area contributed by atoms with Crippen molar-refractivity contribution >= 4 is 0 Å². The van der Waals surface area contributed by atoms with Crippen LogP contribution in [0.4, 0.5) is 0 Å². The molecule has 0 spiro atoms. The second-order valence-electron chi connectivity index (χ2n) is 3.36. The van der Waals surface area contributed by atoms with Gasteiger partial charge in [0, 0.05) is 0 Å². The Morgan fingerprint density at radius 3 is 2.79 bits per heavy atom. The van der Waals surface area contributed by atoms with Gasteiger partial charge in [0.05, 0.1) is 7.41 Å². The van der Waals surface area contributed by atoms with Crippen LogP contribution in [0.15, 0.2) is 43.0 Å². The minimum absolute atomic E-state index is 0.0299. The molecule has 0 aliphatic rings. The predicted octanol–water partition coefficient (Wildman–Crippen LogP) is 3.30. The van der Waals surface area contributed by atoms with Crippen LogP contribution in [0.25, 0.3) is 0 Å². The predicted molar refractivity (Wildman–Crippen MR) is 62.3 cm³/mol. The van der Waals surface area contributed by atoms with Crippen LogP contribution in [0.2, 0.25) is 0 Å². The average Bonchev–Trinajstić information content (AvgIpc) is 2.25. The van der Waals surface area contributed by atoms with Gasteiger partial charge >= 0.3 is 0 Å². The first-order valence-corrected chi connectivity index (χ1v) is 5.19. The number of nitrogens with one attached hydrogen (secondary N) is 1. The van der Waals surface area contributed by atoms with Gasteiger partial charge in [-0.3, -0.25) is 0 Å². The zero-order chi connectivity index (χ0) is 11.1. The second kappa shape index (κ2) is 6.39. The Labute approximate surface area is 88.3 Å². The summed E-state index contributed by atoms with van der Waals surface area (Å²) < 4.78 is 7.65. The lowest BCUT2D eigenvalue weighted by Gasteiger charge is -2.14. The average molecular weight is 190 g/mol. The Bertz CT molecular complexity index is 295. The van der Waals surface area contributed by atoms with Crippen LogP contribution in [0, 0.1) is 0 Å². The van der Waals surface area contributed by atoms with Crippen LogP contribution in [0.3, 0.4) is 0 Å². The van der Waals surface area contributed by atoms with E-state index in [4.69, 9.17) is 1.37 Å². The molecule has 1 atom stereocenters. The molecule has 0 saturated heterocycles. The molecular formula is C13H19N. The smallest absolute Gasteiger partial charge is 0.0590 e. The van der Waals surface area contributed by atoms with Gasteiger partial charge in [-0.15, -0.1) is 6.58 Å². The van der Waals surface area contributed by atoms with E-state index >= 15 is 0 Å². The molecule has 0 aliphatic heterocycles. The van der Waals surface area contributed by atoms with Gasteiger partial charge in [0.1, 0.15) is 0 Å². The highest BCUT2D eigenvalue weighted by Crippen LogP contribution is 2.12. The van der Waals surface area contributed by atoms with Crippen molar-refractivity contribution in [3.8, 4) is 0 Å². The minimum Gasteiger partial charge on any atom is -0.307 e. The highest BCUT2D eigenvalue weighted by atomic mass is 14.9. The lowest BCUT2D eigenvalue weighted by atomic mass is 10.1. The summed E-state index contributed by atoms with van der Waals surface area (Å²) in [6.07, 6.45) is 2.30. The first-order chi connectivity index (χ1) is 7.25. The first kappa shape index (κ1) is 9.47. The standard InChI is InChI=1S/C13H19N/c1-3-5-11-14-13(4-2)12-9-7-6-8-10-12/h4,6-10,13-14H,2-3,5,11H2,1H3/i4D. The van der Waals surface area contributed by atoms with Gasteiger partial charge in [0.15, 0.2) is 0 Å². The van der Waals surface area contributed by atoms with Crippen molar-refractivity contribution in [3.63, 3.8) is 0 Å². The first-order valence-electron chi connectivity index (χ1n) is 5.69. The third-order valence-corrected chi connectivity index (χ3v) is 2.22. The highest BCUT2D eigenvalue weighted by Gasteiger charge is 2.03. The molecule has 76 valence electrons. The van der Waals surface area contributed by atoms with Crippen molar-refractivity contribution in [1.82, 2.24) is 5.32 Å². The molecule has 1 N–H and O–H groups in total. The van der Waals surface area contributed by atoms with E-state index in [1.807, 2.05) is 30.3 Å². The molecule has 0 aromatic heterocycles. The molecule has 1 nitrogen and oxygen atoms in total. The molecule has 1 aromatic rings. The van der Waals surface area contributed by atoms with Crippen LogP contribution >= 0.6 is 0 Å². The van der Waals surface area contributed by atoms with Crippen LogP contribution in [0.5, 0.6) is 0 Å². The summed E-state index contributed by atoms with van der Waals surface area (Å²) in [7, 11) is 0. The fourth-order valence-corrected chi connectivity index (χ4v) is 1.38. The van der Waals surface area contributed by atoms with Crippen molar-refractivity contribution in [1.29, 1.82) is 0 Å². The van der Waals surface area contributed by atoms with Gasteiger partial charge in [-0.25, -0.2) is 0 Å². The normalized spacial score (nSPS) is 13.4. The highest BCUT2D eigenvalue weighted by molar-refractivity contribution is 5.22. The number of benzene rings is 1. The Hall–Kier alpha value is -1.08. The van der Waals surface area contributed by atoms with Gasteiger partial charge in [-0.05, 0) is 18.5 Å². The molecule has 0 saturated carbocycles. The monoisotopic (exact) mass is 190 g/mol. The van der Waals surface area contributed by atoms with Crippen molar-refractivity contribution in [2.45, 2.75) is 25.8 Å². The molecule has 0 aliphatic carbocycles. The van der Waals surface area contributed by atoms with E-state index in [0.717, 1.165) is 18.5 Å². The zero-order valence-electron chi connectivity index (χ0n) is 9.79. The number of hydrogen-bond acceptors (Lipinski definition) is 1.